The lowest BCUT2D eigenvalue weighted by Gasteiger charge is -2.36. The molecular weight excluding hydrogens is 437 g/mol. The third kappa shape index (κ3) is 3.37. The van der Waals surface area contributed by atoms with E-state index >= 15 is 0 Å². The van der Waals surface area contributed by atoms with Gasteiger partial charge in [-0.2, -0.15) is 0 Å². The van der Waals surface area contributed by atoms with Crippen LogP contribution in [0.3, 0.4) is 0 Å². The minimum Gasteiger partial charge on any atom is -0.349 e. The third-order valence-electron chi connectivity index (χ3n) is 6.66. The van der Waals surface area contributed by atoms with Crippen molar-refractivity contribution in [1.29, 1.82) is 0 Å². The molecule has 1 aliphatic carbocycles. The van der Waals surface area contributed by atoms with Gasteiger partial charge in [0.15, 0.2) is 5.65 Å². The van der Waals surface area contributed by atoms with Gasteiger partial charge in [-0.15, -0.1) is 0 Å². The molecule has 2 N–H and O–H groups in total. The van der Waals surface area contributed by atoms with Crippen molar-refractivity contribution in [3.05, 3.63) is 63.4 Å². The SMILES string of the molecule is O=C(NC1CCC2(CC1)CCN(c1ccc(F)cc1Cl)C2=O)c1c[nH]n2c(=O)ccnc12. The fourth-order valence-corrected chi connectivity index (χ4v) is 5.15. The van der Waals surface area contributed by atoms with Crippen molar-refractivity contribution in [2.75, 3.05) is 11.4 Å². The molecule has 32 heavy (non-hydrogen) atoms. The molecule has 2 amide bonds. The molecule has 10 heteroatoms. The summed E-state index contributed by atoms with van der Waals surface area (Å²) in [5.74, 6) is -0.733. The van der Waals surface area contributed by atoms with Gasteiger partial charge in [-0.3, -0.25) is 19.5 Å². The second kappa shape index (κ2) is 7.74. The highest BCUT2D eigenvalue weighted by atomic mass is 35.5. The highest BCUT2D eigenvalue weighted by molar-refractivity contribution is 6.34. The number of nitrogens with zero attached hydrogens (tertiary/aromatic N) is 3. The van der Waals surface area contributed by atoms with E-state index in [1.54, 1.807) is 11.0 Å². The average molecular weight is 458 g/mol. The molecular formula is C22H21ClFN5O3. The number of fused-ring (bicyclic) bond motifs is 1. The Morgan fingerprint density at radius 1 is 1.22 bits per heavy atom. The summed E-state index contributed by atoms with van der Waals surface area (Å²) in [6.45, 7) is 0.539. The summed E-state index contributed by atoms with van der Waals surface area (Å²) in [4.78, 5) is 43.6. The second-order valence-electron chi connectivity index (χ2n) is 8.46. The lowest BCUT2D eigenvalue weighted by atomic mass is 9.71. The Balaban J connectivity index is 1.26. The van der Waals surface area contributed by atoms with Gasteiger partial charge < -0.3 is 10.2 Å². The number of carbonyl (C=O) groups excluding carboxylic acids is 2. The van der Waals surface area contributed by atoms with Gasteiger partial charge in [-0.1, -0.05) is 11.6 Å². The summed E-state index contributed by atoms with van der Waals surface area (Å²) in [6, 6.07) is 5.30. The Morgan fingerprint density at radius 2 is 2.00 bits per heavy atom. The highest BCUT2D eigenvalue weighted by Crippen LogP contribution is 2.47. The molecule has 3 aromatic rings. The van der Waals surface area contributed by atoms with Gasteiger partial charge in [-0.05, 0) is 50.3 Å². The summed E-state index contributed by atoms with van der Waals surface area (Å²) < 4.78 is 14.6. The zero-order valence-corrected chi connectivity index (χ0v) is 17.9. The molecule has 1 saturated heterocycles. The molecule has 5 rings (SSSR count). The Morgan fingerprint density at radius 3 is 2.75 bits per heavy atom. The molecule has 3 heterocycles. The Kier molecular flexibility index (Phi) is 5.00. The molecule has 2 aliphatic rings. The number of amides is 2. The zero-order valence-electron chi connectivity index (χ0n) is 17.1. The van der Waals surface area contributed by atoms with Crippen LogP contribution in [0.5, 0.6) is 0 Å². The number of H-pyrrole nitrogens is 1. The number of carbonyl (C=O) groups is 2. The predicted molar refractivity (Wildman–Crippen MR) is 116 cm³/mol. The van der Waals surface area contributed by atoms with Crippen molar-refractivity contribution in [3.8, 4) is 0 Å². The van der Waals surface area contributed by atoms with E-state index in [0.29, 0.717) is 49.9 Å². The monoisotopic (exact) mass is 457 g/mol. The van der Waals surface area contributed by atoms with Gasteiger partial charge in [0, 0.05) is 31.0 Å². The molecule has 1 aromatic carbocycles. The number of benzene rings is 1. The lowest BCUT2D eigenvalue weighted by Crippen LogP contribution is -2.44. The number of hydrogen-bond donors (Lipinski definition) is 2. The molecule has 1 spiro atoms. The van der Waals surface area contributed by atoms with Crippen LogP contribution in [-0.2, 0) is 4.79 Å². The molecule has 2 fully saturated rings. The van der Waals surface area contributed by atoms with Crippen LogP contribution >= 0.6 is 11.6 Å². The molecule has 0 atom stereocenters. The first-order chi connectivity index (χ1) is 15.4. The van der Waals surface area contributed by atoms with E-state index < -0.39 is 11.2 Å². The molecule has 0 unspecified atom stereocenters. The minimum atomic E-state index is -0.478. The van der Waals surface area contributed by atoms with Crippen LogP contribution in [-0.4, -0.2) is 39.0 Å². The van der Waals surface area contributed by atoms with Crippen LogP contribution in [0.4, 0.5) is 10.1 Å². The largest absolute Gasteiger partial charge is 0.349 e. The van der Waals surface area contributed by atoms with Crippen LogP contribution in [0.2, 0.25) is 5.02 Å². The lowest BCUT2D eigenvalue weighted by molar-refractivity contribution is -0.127. The van der Waals surface area contributed by atoms with Crippen LogP contribution < -0.4 is 15.8 Å². The van der Waals surface area contributed by atoms with E-state index in [1.165, 1.54) is 35.1 Å². The van der Waals surface area contributed by atoms with Crippen LogP contribution in [0.15, 0.2) is 41.5 Å². The number of aromatic amines is 1. The van der Waals surface area contributed by atoms with E-state index in [-0.39, 0.29) is 34.1 Å². The maximum Gasteiger partial charge on any atom is 0.272 e. The molecule has 2 aromatic heterocycles. The summed E-state index contributed by atoms with van der Waals surface area (Å²) in [5.41, 5.74) is 0.345. The smallest absolute Gasteiger partial charge is 0.272 e. The Bertz CT molecular complexity index is 1280. The van der Waals surface area contributed by atoms with E-state index in [4.69, 9.17) is 11.6 Å². The van der Waals surface area contributed by atoms with E-state index in [9.17, 15) is 18.8 Å². The summed E-state index contributed by atoms with van der Waals surface area (Å²) in [6.07, 6.45) is 6.17. The van der Waals surface area contributed by atoms with Gasteiger partial charge >= 0.3 is 0 Å². The molecule has 1 saturated carbocycles. The Hall–Kier alpha value is -3.20. The fraction of sp³-hybridized carbons (Fsp3) is 0.364. The maximum absolute atomic E-state index is 13.4. The maximum atomic E-state index is 13.4. The van der Waals surface area contributed by atoms with E-state index in [1.807, 2.05) is 0 Å². The number of anilines is 1. The molecule has 1 aliphatic heterocycles. The first kappa shape index (κ1) is 20.7. The number of aromatic nitrogens is 3. The molecule has 0 bridgehead atoms. The minimum absolute atomic E-state index is 0.0102. The summed E-state index contributed by atoms with van der Waals surface area (Å²) in [5, 5.41) is 5.98. The van der Waals surface area contributed by atoms with Gasteiger partial charge in [0.2, 0.25) is 5.91 Å². The number of halogens is 2. The second-order valence-corrected chi connectivity index (χ2v) is 8.87. The van der Waals surface area contributed by atoms with Gasteiger partial charge in [0.05, 0.1) is 16.1 Å². The van der Waals surface area contributed by atoms with Crippen molar-refractivity contribution in [3.63, 3.8) is 0 Å². The van der Waals surface area contributed by atoms with Crippen molar-refractivity contribution < 1.29 is 14.0 Å². The average Bonchev–Trinajstić information content (AvgIpc) is 3.34. The van der Waals surface area contributed by atoms with Gasteiger partial charge in [0.1, 0.15) is 11.4 Å². The number of nitrogens with one attached hydrogen (secondary N) is 2. The topological polar surface area (TPSA) is 99.6 Å². The number of hydrogen-bond acceptors (Lipinski definition) is 4. The highest BCUT2D eigenvalue weighted by Gasteiger charge is 2.49. The van der Waals surface area contributed by atoms with Crippen molar-refractivity contribution in [2.24, 2.45) is 5.41 Å². The van der Waals surface area contributed by atoms with Crippen LogP contribution in [0.25, 0.3) is 5.65 Å². The molecule has 0 radical (unpaired) electrons. The zero-order chi connectivity index (χ0) is 22.5. The fourth-order valence-electron chi connectivity index (χ4n) is 4.88. The number of rotatable bonds is 3. The Labute approximate surface area is 187 Å². The van der Waals surface area contributed by atoms with E-state index in [2.05, 4.69) is 15.4 Å². The molecule has 8 nitrogen and oxygen atoms in total. The van der Waals surface area contributed by atoms with Crippen LogP contribution in [0, 0.1) is 11.2 Å². The predicted octanol–water partition coefficient (Wildman–Crippen LogP) is 2.91. The quantitative estimate of drug-likeness (QED) is 0.631. The van der Waals surface area contributed by atoms with Crippen molar-refractivity contribution >= 4 is 34.7 Å². The van der Waals surface area contributed by atoms with Crippen molar-refractivity contribution in [2.45, 2.75) is 38.1 Å². The van der Waals surface area contributed by atoms with Gasteiger partial charge in [0.25, 0.3) is 11.5 Å². The van der Waals surface area contributed by atoms with Crippen molar-refractivity contribution in [1.82, 2.24) is 19.9 Å². The standard InChI is InChI=1S/C22H21ClFN5O3/c23-16-11-13(24)1-2-17(16)28-10-8-22(21(28)32)6-3-14(4-7-22)27-20(31)15-12-26-29-18(30)5-9-25-19(15)29/h1-2,5,9,11-12,14,26H,3-4,6-8,10H2,(H,27,31). The van der Waals surface area contributed by atoms with E-state index in [0.717, 1.165) is 0 Å². The summed E-state index contributed by atoms with van der Waals surface area (Å²) in [7, 11) is 0. The normalized spacial score (nSPS) is 23.2. The summed E-state index contributed by atoms with van der Waals surface area (Å²) >= 11 is 6.17. The van der Waals surface area contributed by atoms with Gasteiger partial charge in [-0.25, -0.2) is 13.9 Å². The third-order valence-corrected chi connectivity index (χ3v) is 6.96. The first-order valence-corrected chi connectivity index (χ1v) is 10.9. The van der Waals surface area contributed by atoms with Crippen LogP contribution in [0.1, 0.15) is 42.5 Å². The first-order valence-electron chi connectivity index (χ1n) is 10.5. The molecule has 166 valence electrons.